The predicted octanol–water partition coefficient (Wildman–Crippen LogP) is 1.46. The second kappa shape index (κ2) is 5.92. The Morgan fingerprint density at radius 2 is 1.68 bits per heavy atom. The summed E-state index contributed by atoms with van der Waals surface area (Å²) < 4.78 is 26.8. The molecule has 0 spiro atoms. The molecule has 0 saturated carbocycles. The maximum atomic E-state index is 12.7. The molecule has 1 aromatic carbocycles. The van der Waals surface area contributed by atoms with E-state index in [0.29, 0.717) is 30.8 Å². The van der Waals surface area contributed by atoms with E-state index in [2.05, 4.69) is 20.8 Å². The molecule has 0 bridgehead atoms. The van der Waals surface area contributed by atoms with Gasteiger partial charge in [0.2, 0.25) is 10.0 Å². The van der Waals surface area contributed by atoms with Gasteiger partial charge in [0.05, 0.1) is 10.5 Å². The number of aliphatic hydroxyl groups is 1. The Kier molecular flexibility index (Phi) is 4.69. The molecule has 1 saturated heterocycles. The number of hydrogen-bond acceptors (Lipinski definition) is 4. The van der Waals surface area contributed by atoms with Gasteiger partial charge >= 0.3 is 0 Å². The average Bonchev–Trinajstić information content (AvgIpc) is 2.47. The van der Waals surface area contributed by atoms with Crippen LogP contribution in [0.1, 0.15) is 39.2 Å². The van der Waals surface area contributed by atoms with Crippen molar-refractivity contribution in [1.82, 2.24) is 4.31 Å². The lowest BCUT2D eigenvalue weighted by molar-refractivity contribution is 0.00344. The van der Waals surface area contributed by atoms with Crippen molar-refractivity contribution in [3.05, 3.63) is 29.8 Å². The standard InChI is InChI=1S/C16H26N2O3S/c1-15(2,3)13-4-6-14(7-5-13)22(20,21)18-10-8-16(19,12-17)9-11-18/h4-7,19H,8-12,17H2,1-3H3. The molecule has 22 heavy (non-hydrogen) atoms. The van der Waals surface area contributed by atoms with E-state index in [-0.39, 0.29) is 12.0 Å². The molecule has 0 amide bonds. The first-order valence-electron chi connectivity index (χ1n) is 7.62. The van der Waals surface area contributed by atoms with Crippen LogP contribution >= 0.6 is 0 Å². The molecule has 1 heterocycles. The van der Waals surface area contributed by atoms with Crippen LogP contribution in [0.25, 0.3) is 0 Å². The fourth-order valence-electron chi connectivity index (χ4n) is 2.62. The Balaban J connectivity index is 2.18. The normalized spacial score (nSPS) is 20.0. The highest BCUT2D eigenvalue weighted by molar-refractivity contribution is 7.89. The summed E-state index contributed by atoms with van der Waals surface area (Å²) in [6, 6.07) is 7.07. The molecule has 0 unspecified atom stereocenters. The number of benzene rings is 1. The Morgan fingerprint density at radius 3 is 2.09 bits per heavy atom. The summed E-state index contributed by atoms with van der Waals surface area (Å²) in [6.45, 7) is 7.05. The molecule has 0 aromatic heterocycles. The third-order valence-electron chi connectivity index (χ3n) is 4.39. The minimum atomic E-state index is -3.50. The van der Waals surface area contributed by atoms with Gasteiger partial charge in [-0.3, -0.25) is 0 Å². The van der Waals surface area contributed by atoms with Crippen molar-refractivity contribution in [2.24, 2.45) is 5.73 Å². The van der Waals surface area contributed by atoms with E-state index in [4.69, 9.17) is 5.73 Å². The van der Waals surface area contributed by atoms with Gasteiger partial charge in [-0.25, -0.2) is 8.42 Å². The lowest BCUT2D eigenvalue weighted by Gasteiger charge is -2.36. The Morgan fingerprint density at radius 1 is 1.18 bits per heavy atom. The summed E-state index contributed by atoms with van der Waals surface area (Å²) in [5.41, 5.74) is 5.70. The largest absolute Gasteiger partial charge is 0.388 e. The summed E-state index contributed by atoms with van der Waals surface area (Å²) in [5.74, 6) is 0. The molecule has 2 rings (SSSR count). The molecule has 1 aliphatic heterocycles. The number of piperidine rings is 1. The number of rotatable bonds is 3. The molecule has 1 aliphatic rings. The molecular weight excluding hydrogens is 300 g/mol. The lowest BCUT2D eigenvalue weighted by atomic mass is 9.87. The molecule has 1 fully saturated rings. The van der Waals surface area contributed by atoms with Crippen molar-refractivity contribution in [2.45, 2.75) is 49.5 Å². The Bertz CT molecular complexity index is 610. The van der Waals surface area contributed by atoms with Crippen molar-refractivity contribution in [3.63, 3.8) is 0 Å². The van der Waals surface area contributed by atoms with Gasteiger partial charge in [-0.1, -0.05) is 32.9 Å². The van der Waals surface area contributed by atoms with Crippen molar-refractivity contribution >= 4 is 10.0 Å². The second-order valence-corrected chi connectivity index (χ2v) is 9.04. The molecule has 0 aliphatic carbocycles. The minimum Gasteiger partial charge on any atom is -0.388 e. The highest BCUT2D eigenvalue weighted by Crippen LogP contribution is 2.28. The smallest absolute Gasteiger partial charge is 0.243 e. The molecule has 0 atom stereocenters. The van der Waals surface area contributed by atoms with Crippen LogP contribution in [-0.2, 0) is 15.4 Å². The fraction of sp³-hybridized carbons (Fsp3) is 0.625. The van der Waals surface area contributed by atoms with Gasteiger partial charge < -0.3 is 10.8 Å². The van der Waals surface area contributed by atoms with Gasteiger partial charge in [-0.15, -0.1) is 0 Å². The first kappa shape index (κ1) is 17.4. The highest BCUT2D eigenvalue weighted by atomic mass is 32.2. The van der Waals surface area contributed by atoms with Crippen LogP contribution in [0.15, 0.2) is 29.2 Å². The number of sulfonamides is 1. The maximum Gasteiger partial charge on any atom is 0.243 e. The third kappa shape index (κ3) is 3.51. The summed E-state index contributed by atoms with van der Waals surface area (Å²) in [5, 5.41) is 10.1. The quantitative estimate of drug-likeness (QED) is 0.881. The van der Waals surface area contributed by atoms with Crippen molar-refractivity contribution < 1.29 is 13.5 Å². The summed E-state index contributed by atoms with van der Waals surface area (Å²) in [4.78, 5) is 0.304. The van der Waals surface area contributed by atoms with Crippen molar-refractivity contribution in [1.29, 1.82) is 0 Å². The van der Waals surface area contributed by atoms with Crippen LogP contribution in [-0.4, -0.2) is 43.1 Å². The molecule has 124 valence electrons. The minimum absolute atomic E-state index is 0.00890. The van der Waals surface area contributed by atoms with Crippen LogP contribution in [0.3, 0.4) is 0 Å². The zero-order chi connectivity index (χ0) is 16.6. The number of nitrogens with two attached hydrogens (primary N) is 1. The topological polar surface area (TPSA) is 83.6 Å². The van der Waals surface area contributed by atoms with E-state index in [0.717, 1.165) is 5.56 Å². The molecular formula is C16H26N2O3S. The summed E-state index contributed by atoms with van der Waals surface area (Å²) in [7, 11) is -3.50. The Hall–Kier alpha value is -0.950. The number of nitrogens with zero attached hydrogens (tertiary/aromatic N) is 1. The molecule has 1 aromatic rings. The fourth-order valence-corrected chi connectivity index (χ4v) is 4.06. The van der Waals surface area contributed by atoms with Crippen LogP contribution in [0.4, 0.5) is 0 Å². The molecule has 5 nitrogen and oxygen atoms in total. The average molecular weight is 326 g/mol. The Labute approximate surface area is 133 Å². The van der Waals surface area contributed by atoms with Gasteiger partial charge in [0.1, 0.15) is 0 Å². The number of hydrogen-bond donors (Lipinski definition) is 2. The monoisotopic (exact) mass is 326 g/mol. The zero-order valence-electron chi connectivity index (χ0n) is 13.5. The molecule has 3 N–H and O–H groups in total. The van der Waals surface area contributed by atoms with E-state index in [1.54, 1.807) is 12.1 Å². The molecule has 6 heteroatoms. The van der Waals surface area contributed by atoms with E-state index in [1.807, 2.05) is 12.1 Å². The van der Waals surface area contributed by atoms with E-state index >= 15 is 0 Å². The van der Waals surface area contributed by atoms with Crippen LogP contribution in [0, 0.1) is 0 Å². The SMILES string of the molecule is CC(C)(C)c1ccc(S(=O)(=O)N2CCC(O)(CN)CC2)cc1. The van der Waals surface area contributed by atoms with Crippen LogP contribution < -0.4 is 5.73 Å². The summed E-state index contributed by atoms with van der Waals surface area (Å²) >= 11 is 0. The van der Waals surface area contributed by atoms with Gasteiger partial charge in [-0.2, -0.15) is 4.31 Å². The van der Waals surface area contributed by atoms with Gasteiger partial charge in [0, 0.05) is 19.6 Å². The lowest BCUT2D eigenvalue weighted by Crippen LogP contribution is -2.50. The van der Waals surface area contributed by atoms with Crippen LogP contribution in [0.5, 0.6) is 0 Å². The van der Waals surface area contributed by atoms with Crippen molar-refractivity contribution in [3.8, 4) is 0 Å². The maximum absolute atomic E-state index is 12.7. The van der Waals surface area contributed by atoms with E-state index < -0.39 is 15.6 Å². The third-order valence-corrected chi connectivity index (χ3v) is 6.30. The van der Waals surface area contributed by atoms with Crippen molar-refractivity contribution in [2.75, 3.05) is 19.6 Å². The second-order valence-electron chi connectivity index (χ2n) is 7.11. The van der Waals surface area contributed by atoms with E-state index in [9.17, 15) is 13.5 Å². The van der Waals surface area contributed by atoms with Gasteiger partial charge in [-0.05, 0) is 36.0 Å². The van der Waals surface area contributed by atoms with E-state index in [1.165, 1.54) is 4.31 Å². The highest BCUT2D eigenvalue weighted by Gasteiger charge is 2.36. The van der Waals surface area contributed by atoms with Crippen LogP contribution in [0.2, 0.25) is 0 Å². The zero-order valence-corrected chi connectivity index (χ0v) is 14.4. The van der Waals surface area contributed by atoms with Gasteiger partial charge in [0.25, 0.3) is 0 Å². The summed E-state index contributed by atoms with van der Waals surface area (Å²) in [6.07, 6.45) is 0.756. The predicted molar refractivity (Wildman–Crippen MR) is 87.1 cm³/mol. The van der Waals surface area contributed by atoms with Gasteiger partial charge in [0.15, 0.2) is 0 Å². The first-order chi connectivity index (χ1) is 10.1. The molecule has 0 radical (unpaired) electrons. The first-order valence-corrected chi connectivity index (χ1v) is 9.06.